The molecule has 1 atom stereocenters. The van der Waals surface area contributed by atoms with Gasteiger partial charge in [0.25, 0.3) is 0 Å². The highest BCUT2D eigenvalue weighted by molar-refractivity contribution is 14.0. The van der Waals surface area contributed by atoms with Crippen molar-refractivity contribution in [3.63, 3.8) is 0 Å². The predicted molar refractivity (Wildman–Crippen MR) is 111 cm³/mol. The fourth-order valence-electron chi connectivity index (χ4n) is 2.32. The minimum absolute atomic E-state index is 0. The Bertz CT molecular complexity index is 464. The van der Waals surface area contributed by atoms with Gasteiger partial charge in [0, 0.05) is 19.7 Å². The Balaban J connectivity index is 0.00000529. The molecule has 0 bridgehead atoms. The van der Waals surface area contributed by atoms with Gasteiger partial charge in [-0.25, -0.2) is 0 Å². The number of nitrogens with two attached hydrogens (primary N) is 1. The van der Waals surface area contributed by atoms with E-state index in [1.807, 2.05) is 19.1 Å². The van der Waals surface area contributed by atoms with Gasteiger partial charge in [-0.2, -0.15) is 0 Å². The van der Waals surface area contributed by atoms with Gasteiger partial charge in [-0.15, -0.1) is 24.0 Å². The largest absolute Gasteiger partial charge is 0.497 e. The fraction of sp³-hybridized carbons (Fsp3) is 0.611. The maximum Gasteiger partial charge on any atom is 0.188 e. The number of benzene rings is 1. The van der Waals surface area contributed by atoms with Gasteiger partial charge < -0.3 is 20.5 Å². The lowest BCUT2D eigenvalue weighted by Gasteiger charge is -2.19. The zero-order chi connectivity index (χ0) is 17.1. The van der Waals surface area contributed by atoms with E-state index in [9.17, 15) is 0 Å². The summed E-state index contributed by atoms with van der Waals surface area (Å²) in [6, 6.07) is 8.05. The summed E-state index contributed by atoms with van der Waals surface area (Å²) in [5.74, 6) is 1.86. The summed E-state index contributed by atoms with van der Waals surface area (Å²) in [6.07, 6.45) is 2.04. The number of guanidine groups is 1. The number of aliphatic imine (C=N–C) groups is 1. The molecule has 138 valence electrons. The van der Waals surface area contributed by atoms with E-state index < -0.39 is 0 Å². The van der Waals surface area contributed by atoms with E-state index in [0.29, 0.717) is 18.4 Å². The van der Waals surface area contributed by atoms with Crippen LogP contribution in [0.3, 0.4) is 0 Å². The van der Waals surface area contributed by atoms with Crippen LogP contribution in [-0.2, 0) is 11.2 Å². The van der Waals surface area contributed by atoms with Gasteiger partial charge in [-0.1, -0.05) is 26.0 Å². The second-order valence-corrected chi connectivity index (χ2v) is 5.82. The molecule has 1 unspecified atom stereocenters. The molecule has 0 saturated heterocycles. The van der Waals surface area contributed by atoms with Crippen LogP contribution in [0.25, 0.3) is 0 Å². The molecular weight excluding hydrogens is 417 g/mol. The van der Waals surface area contributed by atoms with Crippen LogP contribution in [-0.4, -0.2) is 38.9 Å². The highest BCUT2D eigenvalue weighted by Gasteiger charge is 2.12. The van der Waals surface area contributed by atoms with Gasteiger partial charge in [0.1, 0.15) is 5.75 Å². The number of halogens is 1. The van der Waals surface area contributed by atoms with Crippen LogP contribution in [0.5, 0.6) is 5.75 Å². The summed E-state index contributed by atoms with van der Waals surface area (Å²) in [6.45, 7) is 8.54. The highest BCUT2D eigenvalue weighted by Crippen LogP contribution is 2.11. The molecule has 0 fully saturated rings. The molecule has 1 aromatic rings. The Hall–Kier alpha value is -1.02. The smallest absolute Gasteiger partial charge is 0.188 e. The molecule has 0 aromatic heterocycles. The monoisotopic (exact) mass is 449 g/mol. The lowest BCUT2D eigenvalue weighted by molar-refractivity contribution is 0.0266. The van der Waals surface area contributed by atoms with Crippen molar-refractivity contribution in [3.8, 4) is 5.75 Å². The van der Waals surface area contributed by atoms with Gasteiger partial charge >= 0.3 is 0 Å². The average molecular weight is 449 g/mol. The van der Waals surface area contributed by atoms with Crippen LogP contribution >= 0.6 is 24.0 Å². The molecule has 0 radical (unpaired) electrons. The van der Waals surface area contributed by atoms with E-state index in [1.54, 1.807) is 7.11 Å². The molecule has 0 aliphatic carbocycles. The summed E-state index contributed by atoms with van der Waals surface area (Å²) < 4.78 is 10.8. The van der Waals surface area contributed by atoms with Crippen molar-refractivity contribution in [3.05, 3.63) is 29.8 Å². The molecule has 0 heterocycles. The molecule has 6 heteroatoms. The Morgan fingerprint density at radius 1 is 1.25 bits per heavy atom. The maximum absolute atomic E-state index is 5.90. The van der Waals surface area contributed by atoms with Crippen LogP contribution in [0.4, 0.5) is 0 Å². The molecular formula is C18H32IN3O2. The zero-order valence-electron chi connectivity index (χ0n) is 15.2. The molecule has 0 aliphatic rings. The van der Waals surface area contributed by atoms with Crippen molar-refractivity contribution < 1.29 is 9.47 Å². The number of hydrogen-bond donors (Lipinski definition) is 2. The Kier molecular flexibility index (Phi) is 12.7. The number of ether oxygens (including phenoxy) is 2. The van der Waals surface area contributed by atoms with E-state index >= 15 is 0 Å². The molecule has 1 rings (SSSR count). The first-order valence-corrected chi connectivity index (χ1v) is 8.35. The lowest BCUT2D eigenvalue weighted by atomic mass is 10.0. The van der Waals surface area contributed by atoms with E-state index in [1.165, 1.54) is 5.56 Å². The van der Waals surface area contributed by atoms with Crippen LogP contribution in [0, 0.1) is 5.92 Å². The van der Waals surface area contributed by atoms with Crippen LogP contribution in [0.2, 0.25) is 0 Å². The third-order valence-electron chi connectivity index (χ3n) is 3.70. The molecule has 1 aromatic carbocycles. The predicted octanol–water partition coefficient (Wildman–Crippen LogP) is 3.21. The van der Waals surface area contributed by atoms with Crippen molar-refractivity contribution in [2.24, 2.45) is 16.6 Å². The number of nitrogens with zero attached hydrogens (tertiary/aromatic N) is 1. The third-order valence-corrected chi connectivity index (χ3v) is 3.70. The van der Waals surface area contributed by atoms with E-state index in [4.69, 9.17) is 15.2 Å². The Morgan fingerprint density at radius 2 is 1.92 bits per heavy atom. The van der Waals surface area contributed by atoms with Crippen LogP contribution in [0.15, 0.2) is 29.3 Å². The topological polar surface area (TPSA) is 68.9 Å². The number of nitrogens with one attached hydrogen (secondary N) is 1. The van der Waals surface area contributed by atoms with Crippen molar-refractivity contribution in [1.82, 2.24) is 5.32 Å². The van der Waals surface area contributed by atoms with Gasteiger partial charge in [0.05, 0.1) is 13.2 Å². The first kappa shape index (κ1) is 23.0. The van der Waals surface area contributed by atoms with E-state index in [-0.39, 0.29) is 30.1 Å². The van der Waals surface area contributed by atoms with Crippen LogP contribution < -0.4 is 15.8 Å². The summed E-state index contributed by atoms with van der Waals surface area (Å²) in [4.78, 5) is 4.37. The quantitative estimate of drug-likeness (QED) is 0.327. The Morgan fingerprint density at radius 3 is 2.46 bits per heavy atom. The van der Waals surface area contributed by atoms with E-state index in [0.717, 1.165) is 31.7 Å². The average Bonchev–Trinajstić information content (AvgIpc) is 2.54. The van der Waals surface area contributed by atoms with Crippen LogP contribution in [0.1, 0.15) is 32.8 Å². The normalized spacial score (nSPS) is 12.6. The van der Waals surface area contributed by atoms with Gasteiger partial charge in [0.15, 0.2) is 5.96 Å². The molecule has 24 heavy (non-hydrogen) atoms. The standard InChI is InChI=1S/C18H31N3O2.HI/c1-5-23-17(14(2)3)11-13-21-18(19)20-12-10-15-6-8-16(22-4)9-7-15;/h6-9,14,17H,5,10-13H2,1-4H3,(H3,19,20,21);1H. The molecule has 3 N–H and O–H groups in total. The Labute approximate surface area is 163 Å². The first-order chi connectivity index (χ1) is 11.1. The summed E-state index contributed by atoms with van der Waals surface area (Å²) >= 11 is 0. The van der Waals surface area contributed by atoms with Gasteiger partial charge in [-0.3, -0.25) is 4.99 Å². The number of rotatable bonds is 10. The van der Waals surface area contributed by atoms with Gasteiger partial charge in [0.2, 0.25) is 0 Å². The first-order valence-electron chi connectivity index (χ1n) is 8.35. The molecule has 5 nitrogen and oxygen atoms in total. The number of hydrogen-bond acceptors (Lipinski definition) is 3. The van der Waals surface area contributed by atoms with Crippen molar-refractivity contribution in [2.75, 3.05) is 26.8 Å². The fourth-order valence-corrected chi connectivity index (χ4v) is 2.32. The molecule has 0 aliphatic heterocycles. The summed E-state index contributed by atoms with van der Waals surface area (Å²) in [7, 11) is 1.67. The molecule has 0 amide bonds. The van der Waals surface area contributed by atoms with Crippen molar-refractivity contribution >= 4 is 29.9 Å². The van der Waals surface area contributed by atoms with Crippen molar-refractivity contribution in [1.29, 1.82) is 0 Å². The SMILES string of the molecule is CCOC(CCN=C(N)NCCc1ccc(OC)cc1)C(C)C.I. The summed E-state index contributed by atoms with van der Waals surface area (Å²) in [5.41, 5.74) is 7.14. The third kappa shape index (κ3) is 9.32. The molecule has 0 spiro atoms. The number of methoxy groups -OCH3 is 1. The summed E-state index contributed by atoms with van der Waals surface area (Å²) in [5, 5.41) is 3.15. The maximum atomic E-state index is 5.90. The second kappa shape index (κ2) is 13.3. The minimum atomic E-state index is 0. The minimum Gasteiger partial charge on any atom is -0.497 e. The van der Waals surface area contributed by atoms with Crippen molar-refractivity contribution in [2.45, 2.75) is 39.7 Å². The lowest BCUT2D eigenvalue weighted by Crippen LogP contribution is -2.33. The highest BCUT2D eigenvalue weighted by atomic mass is 127. The van der Waals surface area contributed by atoms with Gasteiger partial charge in [-0.05, 0) is 43.4 Å². The second-order valence-electron chi connectivity index (χ2n) is 5.82. The van der Waals surface area contributed by atoms with E-state index in [2.05, 4.69) is 36.3 Å². The zero-order valence-corrected chi connectivity index (χ0v) is 17.6. The molecule has 0 saturated carbocycles.